The lowest BCUT2D eigenvalue weighted by Gasteiger charge is -2.34. The quantitative estimate of drug-likeness (QED) is 0.938. The molecule has 21 heavy (non-hydrogen) atoms. The van der Waals surface area contributed by atoms with Gasteiger partial charge in [0.25, 0.3) is 0 Å². The standard InChI is InChI=1S/C14H18ClN5.ClH/c1-11-7-16-4-5-19(11)8-12-2-3-13(15)6-14(12)20-10-17-9-18-20;/h2-3,6,9-11,16H,4-5,7-8H2,1H3;1H. The molecule has 3 rings (SSSR count). The summed E-state index contributed by atoms with van der Waals surface area (Å²) >= 11 is 6.12. The van der Waals surface area contributed by atoms with Crippen molar-refractivity contribution >= 4 is 24.0 Å². The van der Waals surface area contributed by atoms with E-state index >= 15 is 0 Å². The molecule has 0 spiro atoms. The Balaban J connectivity index is 0.00000161. The van der Waals surface area contributed by atoms with Crippen LogP contribution in [0.2, 0.25) is 5.02 Å². The molecule has 2 heterocycles. The van der Waals surface area contributed by atoms with Gasteiger partial charge in [0.05, 0.1) is 5.69 Å². The number of hydrogen-bond donors (Lipinski definition) is 1. The second kappa shape index (κ2) is 7.22. The maximum atomic E-state index is 6.12. The molecule has 1 unspecified atom stereocenters. The molecule has 0 aliphatic carbocycles. The van der Waals surface area contributed by atoms with Gasteiger partial charge in [-0.05, 0) is 24.6 Å². The van der Waals surface area contributed by atoms with Gasteiger partial charge in [0.2, 0.25) is 0 Å². The predicted molar refractivity (Wildman–Crippen MR) is 86.4 cm³/mol. The average molecular weight is 328 g/mol. The van der Waals surface area contributed by atoms with Crippen LogP contribution in [0.4, 0.5) is 0 Å². The molecule has 0 bridgehead atoms. The fraction of sp³-hybridized carbons (Fsp3) is 0.429. The largest absolute Gasteiger partial charge is 0.314 e. The molecule has 1 N–H and O–H groups in total. The highest BCUT2D eigenvalue weighted by atomic mass is 35.5. The summed E-state index contributed by atoms with van der Waals surface area (Å²) < 4.78 is 1.77. The van der Waals surface area contributed by atoms with E-state index in [0.717, 1.165) is 31.9 Å². The van der Waals surface area contributed by atoms with Crippen molar-refractivity contribution in [3.05, 3.63) is 41.4 Å². The zero-order chi connectivity index (χ0) is 13.9. The van der Waals surface area contributed by atoms with E-state index in [0.29, 0.717) is 11.1 Å². The van der Waals surface area contributed by atoms with E-state index in [1.807, 2.05) is 12.1 Å². The van der Waals surface area contributed by atoms with Crippen LogP contribution in [-0.2, 0) is 6.54 Å². The minimum absolute atomic E-state index is 0. The van der Waals surface area contributed by atoms with Crippen molar-refractivity contribution in [3.63, 3.8) is 0 Å². The zero-order valence-electron chi connectivity index (χ0n) is 11.9. The molecule has 1 aromatic carbocycles. The number of aromatic nitrogens is 3. The molecule has 0 amide bonds. The Morgan fingerprint density at radius 3 is 3.00 bits per heavy atom. The summed E-state index contributed by atoms with van der Waals surface area (Å²) in [5, 5.41) is 8.34. The molecule has 1 aliphatic rings. The van der Waals surface area contributed by atoms with E-state index in [2.05, 4.69) is 33.3 Å². The second-order valence-electron chi connectivity index (χ2n) is 5.14. The summed E-state index contributed by atoms with van der Waals surface area (Å²) in [7, 11) is 0. The molecule has 7 heteroatoms. The van der Waals surface area contributed by atoms with Gasteiger partial charge in [-0.2, -0.15) is 5.10 Å². The number of rotatable bonds is 3. The van der Waals surface area contributed by atoms with E-state index in [4.69, 9.17) is 11.6 Å². The van der Waals surface area contributed by atoms with Crippen LogP contribution in [0.3, 0.4) is 0 Å². The van der Waals surface area contributed by atoms with Gasteiger partial charge < -0.3 is 5.32 Å². The van der Waals surface area contributed by atoms with Crippen LogP contribution in [0.15, 0.2) is 30.9 Å². The molecule has 1 aromatic heterocycles. The Labute approximate surface area is 135 Å². The minimum Gasteiger partial charge on any atom is -0.314 e. The molecular weight excluding hydrogens is 309 g/mol. The highest BCUT2D eigenvalue weighted by molar-refractivity contribution is 6.30. The van der Waals surface area contributed by atoms with Gasteiger partial charge in [-0.3, -0.25) is 4.90 Å². The van der Waals surface area contributed by atoms with Crippen LogP contribution < -0.4 is 5.32 Å². The number of hydrogen-bond acceptors (Lipinski definition) is 4. The number of piperazine rings is 1. The number of halogens is 2. The molecule has 2 aromatic rings. The first-order chi connectivity index (χ1) is 9.74. The molecule has 1 saturated heterocycles. The predicted octanol–water partition coefficient (Wildman–Crippen LogP) is 2.14. The summed E-state index contributed by atoms with van der Waals surface area (Å²) in [6, 6.07) is 6.49. The van der Waals surface area contributed by atoms with Crippen LogP contribution in [0.25, 0.3) is 5.69 Å². The van der Waals surface area contributed by atoms with E-state index in [-0.39, 0.29) is 12.4 Å². The SMILES string of the molecule is CC1CNCCN1Cc1ccc(Cl)cc1-n1cncn1.Cl. The van der Waals surface area contributed by atoms with Gasteiger partial charge in [0.1, 0.15) is 12.7 Å². The van der Waals surface area contributed by atoms with E-state index < -0.39 is 0 Å². The van der Waals surface area contributed by atoms with Gasteiger partial charge in [-0.25, -0.2) is 9.67 Å². The number of nitrogens with one attached hydrogen (secondary N) is 1. The molecule has 5 nitrogen and oxygen atoms in total. The molecule has 0 saturated carbocycles. The third-order valence-corrected chi connectivity index (χ3v) is 3.96. The van der Waals surface area contributed by atoms with E-state index in [1.54, 1.807) is 11.0 Å². The Hall–Kier alpha value is -1.14. The van der Waals surface area contributed by atoms with E-state index in [1.165, 1.54) is 11.9 Å². The second-order valence-corrected chi connectivity index (χ2v) is 5.57. The summed E-state index contributed by atoms with van der Waals surface area (Å²) in [5.41, 5.74) is 2.22. The maximum Gasteiger partial charge on any atom is 0.138 e. The average Bonchev–Trinajstić information content (AvgIpc) is 2.97. The van der Waals surface area contributed by atoms with Gasteiger partial charge >= 0.3 is 0 Å². The Morgan fingerprint density at radius 2 is 2.29 bits per heavy atom. The van der Waals surface area contributed by atoms with Crippen LogP contribution in [0.1, 0.15) is 12.5 Å². The fourth-order valence-corrected chi connectivity index (χ4v) is 2.72. The summed E-state index contributed by atoms with van der Waals surface area (Å²) in [6.45, 7) is 6.27. The van der Waals surface area contributed by atoms with Crippen LogP contribution in [0.5, 0.6) is 0 Å². The highest BCUT2D eigenvalue weighted by Crippen LogP contribution is 2.21. The lowest BCUT2D eigenvalue weighted by molar-refractivity contribution is 0.165. The summed E-state index contributed by atoms with van der Waals surface area (Å²) in [4.78, 5) is 6.49. The first-order valence-corrected chi connectivity index (χ1v) is 7.20. The fourth-order valence-electron chi connectivity index (χ4n) is 2.55. The first kappa shape index (κ1) is 16.2. The third kappa shape index (κ3) is 3.74. The zero-order valence-corrected chi connectivity index (χ0v) is 13.4. The van der Waals surface area contributed by atoms with Crippen LogP contribution >= 0.6 is 24.0 Å². The van der Waals surface area contributed by atoms with Crippen LogP contribution in [-0.4, -0.2) is 45.3 Å². The van der Waals surface area contributed by atoms with Crippen LogP contribution in [0, 0.1) is 0 Å². The van der Waals surface area contributed by atoms with E-state index in [9.17, 15) is 0 Å². The van der Waals surface area contributed by atoms with Crippen molar-refractivity contribution < 1.29 is 0 Å². The van der Waals surface area contributed by atoms with Crippen molar-refractivity contribution in [2.24, 2.45) is 0 Å². The van der Waals surface area contributed by atoms with Crippen molar-refractivity contribution in [2.45, 2.75) is 19.5 Å². The molecule has 1 fully saturated rings. The van der Waals surface area contributed by atoms with Gasteiger partial charge in [-0.15, -0.1) is 12.4 Å². The normalized spacial score (nSPS) is 19.2. The molecule has 114 valence electrons. The topological polar surface area (TPSA) is 46.0 Å². The lowest BCUT2D eigenvalue weighted by atomic mass is 10.1. The molecule has 1 aliphatic heterocycles. The number of benzene rings is 1. The lowest BCUT2D eigenvalue weighted by Crippen LogP contribution is -2.49. The van der Waals surface area contributed by atoms with Crippen molar-refractivity contribution in [1.82, 2.24) is 25.0 Å². The maximum absolute atomic E-state index is 6.12. The molecular formula is C14H19Cl2N5. The Kier molecular flexibility index (Phi) is 5.58. The molecule has 0 radical (unpaired) electrons. The highest BCUT2D eigenvalue weighted by Gasteiger charge is 2.19. The summed E-state index contributed by atoms with van der Waals surface area (Å²) in [6.07, 6.45) is 3.24. The van der Waals surface area contributed by atoms with Gasteiger partial charge in [0, 0.05) is 37.2 Å². The first-order valence-electron chi connectivity index (χ1n) is 6.82. The van der Waals surface area contributed by atoms with Crippen molar-refractivity contribution in [3.8, 4) is 5.69 Å². The molecule has 1 atom stereocenters. The summed E-state index contributed by atoms with van der Waals surface area (Å²) in [5.74, 6) is 0. The minimum atomic E-state index is 0. The Morgan fingerprint density at radius 1 is 1.43 bits per heavy atom. The number of nitrogens with zero attached hydrogens (tertiary/aromatic N) is 4. The third-order valence-electron chi connectivity index (χ3n) is 3.73. The van der Waals surface area contributed by atoms with Gasteiger partial charge in [-0.1, -0.05) is 17.7 Å². The smallest absolute Gasteiger partial charge is 0.138 e. The Bertz CT molecular complexity index is 573. The van der Waals surface area contributed by atoms with Crippen molar-refractivity contribution in [2.75, 3.05) is 19.6 Å². The van der Waals surface area contributed by atoms with Crippen molar-refractivity contribution in [1.29, 1.82) is 0 Å². The monoisotopic (exact) mass is 327 g/mol. The van der Waals surface area contributed by atoms with Gasteiger partial charge in [0.15, 0.2) is 0 Å².